The van der Waals surface area contributed by atoms with E-state index in [1.165, 1.54) is 36.4 Å². The third-order valence-corrected chi connectivity index (χ3v) is 3.16. The SMILES string of the molecule is Cc1ccc(NC(=O)CNc2ccc(OC(F)F)cc2)c([N+](=O)[O-])c1. The van der Waals surface area contributed by atoms with E-state index in [1.807, 2.05) is 0 Å². The molecule has 2 aromatic carbocycles. The van der Waals surface area contributed by atoms with Gasteiger partial charge in [-0.25, -0.2) is 0 Å². The minimum Gasteiger partial charge on any atom is -0.435 e. The number of rotatable bonds is 7. The molecule has 0 saturated carbocycles. The highest BCUT2D eigenvalue weighted by molar-refractivity contribution is 5.95. The molecule has 0 radical (unpaired) electrons. The highest BCUT2D eigenvalue weighted by Gasteiger charge is 2.15. The van der Waals surface area contributed by atoms with Gasteiger partial charge in [0.1, 0.15) is 11.4 Å². The van der Waals surface area contributed by atoms with Gasteiger partial charge in [0.2, 0.25) is 5.91 Å². The van der Waals surface area contributed by atoms with Crippen molar-refractivity contribution in [3.05, 3.63) is 58.1 Å². The van der Waals surface area contributed by atoms with Crippen LogP contribution in [0.2, 0.25) is 0 Å². The number of nitro groups is 1. The molecular formula is C16H15F2N3O4. The van der Waals surface area contributed by atoms with Gasteiger partial charge in [0.15, 0.2) is 0 Å². The number of anilines is 2. The molecule has 25 heavy (non-hydrogen) atoms. The molecule has 0 fully saturated rings. The lowest BCUT2D eigenvalue weighted by Gasteiger charge is -2.09. The van der Waals surface area contributed by atoms with Gasteiger partial charge in [-0.15, -0.1) is 0 Å². The highest BCUT2D eigenvalue weighted by Crippen LogP contribution is 2.25. The average Bonchev–Trinajstić information content (AvgIpc) is 2.55. The van der Waals surface area contributed by atoms with Crippen LogP contribution in [0.3, 0.4) is 0 Å². The number of ether oxygens (including phenoxy) is 1. The van der Waals surface area contributed by atoms with Crippen LogP contribution in [0.25, 0.3) is 0 Å². The van der Waals surface area contributed by atoms with Gasteiger partial charge < -0.3 is 15.4 Å². The molecule has 0 bridgehead atoms. The zero-order valence-electron chi connectivity index (χ0n) is 13.2. The Hall–Kier alpha value is -3.23. The molecule has 0 aliphatic carbocycles. The Morgan fingerprint density at radius 1 is 1.24 bits per heavy atom. The van der Waals surface area contributed by atoms with Crippen LogP contribution in [0.5, 0.6) is 5.75 Å². The molecule has 0 aliphatic rings. The fraction of sp³-hybridized carbons (Fsp3) is 0.188. The molecule has 0 atom stereocenters. The second kappa shape index (κ2) is 8.04. The van der Waals surface area contributed by atoms with Crippen LogP contribution >= 0.6 is 0 Å². The minimum atomic E-state index is -2.91. The summed E-state index contributed by atoms with van der Waals surface area (Å²) in [5, 5.41) is 16.3. The van der Waals surface area contributed by atoms with Crippen molar-refractivity contribution in [1.29, 1.82) is 0 Å². The third-order valence-electron chi connectivity index (χ3n) is 3.16. The number of halogens is 2. The molecular weight excluding hydrogens is 336 g/mol. The molecule has 2 rings (SSSR count). The standard InChI is InChI=1S/C16H15F2N3O4/c1-10-2-7-13(14(8-10)21(23)24)20-15(22)9-19-11-3-5-12(6-4-11)25-16(17)18/h2-8,16,19H,9H2,1H3,(H,20,22). The first-order chi connectivity index (χ1) is 11.8. The first-order valence-corrected chi connectivity index (χ1v) is 7.19. The number of hydrogen-bond acceptors (Lipinski definition) is 5. The molecule has 0 heterocycles. The molecule has 0 aliphatic heterocycles. The van der Waals surface area contributed by atoms with E-state index in [2.05, 4.69) is 15.4 Å². The Labute approximate surface area is 141 Å². The van der Waals surface area contributed by atoms with Gasteiger partial charge in [0.25, 0.3) is 5.69 Å². The molecule has 1 amide bonds. The van der Waals surface area contributed by atoms with E-state index in [4.69, 9.17) is 0 Å². The molecule has 2 N–H and O–H groups in total. The van der Waals surface area contributed by atoms with Crippen LogP contribution < -0.4 is 15.4 Å². The normalized spacial score (nSPS) is 10.4. The molecule has 7 nitrogen and oxygen atoms in total. The van der Waals surface area contributed by atoms with Gasteiger partial charge in [-0.1, -0.05) is 6.07 Å². The van der Waals surface area contributed by atoms with Crippen molar-refractivity contribution in [3.63, 3.8) is 0 Å². The minimum absolute atomic E-state index is 0.000261. The van der Waals surface area contributed by atoms with Crippen LogP contribution in [0, 0.1) is 17.0 Å². The van der Waals surface area contributed by atoms with Crippen LogP contribution in [-0.4, -0.2) is 24.0 Å². The third kappa shape index (κ3) is 5.41. The van der Waals surface area contributed by atoms with Crippen molar-refractivity contribution in [2.45, 2.75) is 13.5 Å². The number of alkyl halides is 2. The van der Waals surface area contributed by atoms with Gasteiger partial charge in [-0.05, 0) is 42.8 Å². The molecule has 0 aromatic heterocycles. The number of benzene rings is 2. The first-order valence-electron chi connectivity index (χ1n) is 7.19. The van der Waals surface area contributed by atoms with E-state index in [0.717, 1.165) is 0 Å². The summed E-state index contributed by atoms with van der Waals surface area (Å²) in [5.74, 6) is -0.486. The fourth-order valence-corrected chi connectivity index (χ4v) is 2.03. The Kier molecular flexibility index (Phi) is 5.83. The lowest BCUT2D eigenvalue weighted by Crippen LogP contribution is -2.22. The number of nitro benzene ring substituents is 1. The molecule has 9 heteroatoms. The summed E-state index contributed by atoms with van der Waals surface area (Å²) in [5.41, 5.74) is 1.12. The molecule has 2 aromatic rings. The monoisotopic (exact) mass is 351 g/mol. The summed E-state index contributed by atoms with van der Waals surface area (Å²) < 4.78 is 28.3. The zero-order valence-corrected chi connectivity index (χ0v) is 13.2. The largest absolute Gasteiger partial charge is 0.435 e. The highest BCUT2D eigenvalue weighted by atomic mass is 19.3. The average molecular weight is 351 g/mol. The van der Waals surface area contributed by atoms with Gasteiger partial charge in [-0.3, -0.25) is 14.9 Å². The number of nitrogens with zero attached hydrogens (tertiary/aromatic N) is 1. The number of nitrogens with one attached hydrogen (secondary N) is 2. The van der Waals surface area contributed by atoms with E-state index in [-0.39, 0.29) is 23.7 Å². The predicted octanol–water partition coefficient (Wildman–Crippen LogP) is 3.56. The Bertz CT molecular complexity index is 766. The maximum atomic E-state index is 12.1. The van der Waals surface area contributed by atoms with E-state index in [9.17, 15) is 23.7 Å². The first kappa shape index (κ1) is 18.1. The van der Waals surface area contributed by atoms with Crippen molar-refractivity contribution in [2.24, 2.45) is 0 Å². The van der Waals surface area contributed by atoms with Crippen molar-refractivity contribution >= 4 is 23.0 Å². The van der Waals surface area contributed by atoms with Crippen LogP contribution in [0.15, 0.2) is 42.5 Å². The predicted molar refractivity (Wildman–Crippen MR) is 88.0 cm³/mol. The second-order valence-electron chi connectivity index (χ2n) is 5.08. The number of carbonyl (C=O) groups excluding carboxylic acids is 1. The van der Waals surface area contributed by atoms with Crippen LogP contribution in [0.4, 0.5) is 25.8 Å². The maximum absolute atomic E-state index is 12.1. The number of aryl methyl sites for hydroxylation is 1. The second-order valence-corrected chi connectivity index (χ2v) is 5.08. The lowest BCUT2D eigenvalue weighted by atomic mass is 10.2. The van der Waals surface area contributed by atoms with Crippen LogP contribution in [0.1, 0.15) is 5.56 Å². The lowest BCUT2D eigenvalue weighted by molar-refractivity contribution is -0.384. The molecule has 0 saturated heterocycles. The van der Waals surface area contributed by atoms with Gasteiger partial charge in [0.05, 0.1) is 11.5 Å². The van der Waals surface area contributed by atoms with Crippen molar-refractivity contribution in [3.8, 4) is 5.75 Å². The summed E-state index contributed by atoms with van der Waals surface area (Å²) in [4.78, 5) is 22.4. The molecule has 0 unspecified atom stereocenters. The maximum Gasteiger partial charge on any atom is 0.387 e. The quantitative estimate of drug-likeness (QED) is 0.588. The Morgan fingerprint density at radius 3 is 2.52 bits per heavy atom. The number of amides is 1. The van der Waals surface area contributed by atoms with Crippen LogP contribution in [-0.2, 0) is 4.79 Å². The topological polar surface area (TPSA) is 93.5 Å². The summed E-state index contributed by atoms with van der Waals surface area (Å²) in [6.45, 7) is -1.35. The molecule has 0 spiro atoms. The van der Waals surface area contributed by atoms with E-state index >= 15 is 0 Å². The summed E-state index contributed by atoms with van der Waals surface area (Å²) in [7, 11) is 0. The summed E-state index contributed by atoms with van der Waals surface area (Å²) in [6.07, 6.45) is 0. The number of hydrogen-bond donors (Lipinski definition) is 2. The summed E-state index contributed by atoms with van der Waals surface area (Å²) >= 11 is 0. The fourth-order valence-electron chi connectivity index (χ4n) is 2.03. The van der Waals surface area contributed by atoms with Gasteiger partial charge in [-0.2, -0.15) is 8.78 Å². The van der Waals surface area contributed by atoms with Crippen molar-refractivity contribution in [2.75, 3.05) is 17.2 Å². The van der Waals surface area contributed by atoms with Crippen molar-refractivity contribution in [1.82, 2.24) is 0 Å². The molecule has 132 valence electrons. The Morgan fingerprint density at radius 2 is 1.92 bits per heavy atom. The van der Waals surface area contributed by atoms with Gasteiger partial charge >= 0.3 is 6.61 Å². The van der Waals surface area contributed by atoms with E-state index in [1.54, 1.807) is 13.0 Å². The van der Waals surface area contributed by atoms with Gasteiger partial charge in [0, 0.05) is 11.8 Å². The summed E-state index contributed by atoms with van der Waals surface area (Å²) in [6, 6.07) is 10.1. The smallest absolute Gasteiger partial charge is 0.387 e. The van der Waals surface area contributed by atoms with E-state index < -0.39 is 17.4 Å². The number of carbonyl (C=O) groups is 1. The van der Waals surface area contributed by atoms with E-state index in [0.29, 0.717) is 11.3 Å². The Balaban J connectivity index is 1.94. The zero-order chi connectivity index (χ0) is 18.4. The van der Waals surface area contributed by atoms with Crippen molar-refractivity contribution < 1.29 is 23.2 Å².